The lowest BCUT2D eigenvalue weighted by molar-refractivity contribution is -0.144. The largest absolute Gasteiger partial charge is 0.480 e. The van der Waals surface area contributed by atoms with E-state index in [9.17, 15) is 14.4 Å². The number of amides is 2. The van der Waals surface area contributed by atoms with Gasteiger partial charge in [-0.05, 0) is 18.8 Å². The highest BCUT2D eigenvalue weighted by Crippen LogP contribution is 2.17. The van der Waals surface area contributed by atoms with Crippen LogP contribution in [0.3, 0.4) is 0 Å². The number of carbonyl (C=O) groups is 3. The first-order chi connectivity index (χ1) is 8.82. The Morgan fingerprint density at radius 3 is 2.42 bits per heavy atom. The van der Waals surface area contributed by atoms with Gasteiger partial charge < -0.3 is 15.3 Å². The minimum absolute atomic E-state index is 0.0452. The maximum atomic E-state index is 12.1. The number of likely N-dealkylation sites (tertiary alicyclic amines) is 1. The Bertz CT molecular complexity index is 368. The maximum absolute atomic E-state index is 12.1. The Labute approximate surface area is 113 Å². The van der Waals surface area contributed by atoms with Crippen LogP contribution in [-0.2, 0) is 14.4 Å². The molecule has 2 atom stereocenters. The van der Waals surface area contributed by atoms with E-state index in [1.165, 1.54) is 6.92 Å². The summed E-state index contributed by atoms with van der Waals surface area (Å²) in [6.07, 6.45) is 1.47. The Kier molecular flexibility index (Phi) is 5.32. The zero-order valence-corrected chi connectivity index (χ0v) is 11.7. The smallest absolute Gasteiger partial charge is 0.326 e. The third kappa shape index (κ3) is 4.22. The first kappa shape index (κ1) is 15.5. The third-order valence-electron chi connectivity index (χ3n) is 3.47. The van der Waals surface area contributed by atoms with Gasteiger partial charge in [0.1, 0.15) is 6.04 Å². The van der Waals surface area contributed by atoms with Crippen LogP contribution in [0.4, 0.5) is 0 Å². The molecule has 6 heteroatoms. The van der Waals surface area contributed by atoms with Crippen molar-refractivity contribution in [3.63, 3.8) is 0 Å². The maximum Gasteiger partial charge on any atom is 0.326 e. The van der Waals surface area contributed by atoms with E-state index in [4.69, 9.17) is 5.11 Å². The first-order valence-electron chi connectivity index (χ1n) is 6.61. The van der Waals surface area contributed by atoms with Gasteiger partial charge in [-0.25, -0.2) is 4.79 Å². The molecule has 0 bridgehead atoms. The Hall–Kier alpha value is -1.59. The van der Waals surface area contributed by atoms with Crippen molar-refractivity contribution < 1.29 is 19.5 Å². The van der Waals surface area contributed by atoms with Gasteiger partial charge in [0.05, 0.1) is 5.92 Å². The lowest BCUT2D eigenvalue weighted by Gasteiger charge is -2.32. The van der Waals surface area contributed by atoms with Crippen LogP contribution in [0.5, 0.6) is 0 Å². The Balaban J connectivity index is 2.62. The summed E-state index contributed by atoms with van der Waals surface area (Å²) in [4.78, 5) is 36.1. The quantitative estimate of drug-likeness (QED) is 0.777. The van der Waals surface area contributed by atoms with Crippen LogP contribution in [0, 0.1) is 11.8 Å². The second-order valence-electron chi connectivity index (χ2n) is 5.37. The molecule has 1 saturated heterocycles. The highest BCUT2D eigenvalue weighted by atomic mass is 16.4. The molecule has 1 aliphatic heterocycles. The van der Waals surface area contributed by atoms with Crippen LogP contribution in [0.1, 0.15) is 33.6 Å². The SMILES string of the molecule is CC(=O)N1CCCC(C(=O)N[C@@H](C(=O)O)C(C)C)C1. The molecule has 2 amide bonds. The van der Waals surface area contributed by atoms with E-state index in [2.05, 4.69) is 5.32 Å². The molecule has 0 aromatic carbocycles. The van der Waals surface area contributed by atoms with Crippen molar-refractivity contribution in [3.05, 3.63) is 0 Å². The summed E-state index contributed by atoms with van der Waals surface area (Å²) in [5, 5.41) is 11.6. The summed E-state index contributed by atoms with van der Waals surface area (Å²) in [7, 11) is 0. The van der Waals surface area contributed by atoms with E-state index in [-0.39, 0.29) is 23.7 Å². The molecule has 1 fully saturated rings. The summed E-state index contributed by atoms with van der Waals surface area (Å²) in [6.45, 7) is 6.04. The van der Waals surface area contributed by atoms with E-state index in [1.54, 1.807) is 18.7 Å². The van der Waals surface area contributed by atoms with E-state index in [0.29, 0.717) is 19.5 Å². The van der Waals surface area contributed by atoms with Crippen molar-refractivity contribution in [2.75, 3.05) is 13.1 Å². The lowest BCUT2D eigenvalue weighted by Crippen LogP contribution is -2.50. The summed E-state index contributed by atoms with van der Waals surface area (Å²) in [5.74, 6) is -1.82. The summed E-state index contributed by atoms with van der Waals surface area (Å²) in [6, 6.07) is -0.875. The molecule has 1 rings (SSSR count). The van der Waals surface area contributed by atoms with Crippen LogP contribution >= 0.6 is 0 Å². The van der Waals surface area contributed by atoms with Gasteiger partial charge in [-0.1, -0.05) is 13.8 Å². The number of carboxylic acids is 1. The fourth-order valence-corrected chi connectivity index (χ4v) is 2.26. The van der Waals surface area contributed by atoms with Crippen molar-refractivity contribution in [1.82, 2.24) is 10.2 Å². The molecule has 1 heterocycles. The molecular formula is C13H22N2O4. The third-order valence-corrected chi connectivity index (χ3v) is 3.47. The normalized spacial score (nSPS) is 21.1. The molecule has 0 spiro atoms. The molecule has 19 heavy (non-hydrogen) atoms. The Morgan fingerprint density at radius 2 is 1.95 bits per heavy atom. The fraction of sp³-hybridized carbons (Fsp3) is 0.769. The Morgan fingerprint density at radius 1 is 1.32 bits per heavy atom. The van der Waals surface area contributed by atoms with Gasteiger partial charge >= 0.3 is 5.97 Å². The van der Waals surface area contributed by atoms with Gasteiger partial charge in [0.15, 0.2) is 0 Å². The molecule has 0 saturated carbocycles. The summed E-state index contributed by atoms with van der Waals surface area (Å²) in [5.41, 5.74) is 0. The van der Waals surface area contributed by atoms with Crippen molar-refractivity contribution >= 4 is 17.8 Å². The van der Waals surface area contributed by atoms with Crippen LogP contribution < -0.4 is 5.32 Å². The predicted molar refractivity (Wildman–Crippen MR) is 69.4 cm³/mol. The van der Waals surface area contributed by atoms with Gasteiger partial charge in [-0.15, -0.1) is 0 Å². The minimum Gasteiger partial charge on any atom is -0.480 e. The van der Waals surface area contributed by atoms with E-state index >= 15 is 0 Å². The number of nitrogens with one attached hydrogen (secondary N) is 1. The zero-order chi connectivity index (χ0) is 14.6. The van der Waals surface area contributed by atoms with Crippen molar-refractivity contribution in [3.8, 4) is 0 Å². The molecule has 6 nitrogen and oxygen atoms in total. The number of nitrogens with zero attached hydrogens (tertiary/aromatic N) is 1. The average Bonchev–Trinajstić information content (AvgIpc) is 2.34. The fourth-order valence-electron chi connectivity index (χ4n) is 2.26. The first-order valence-corrected chi connectivity index (χ1v) is 6.61. The van der Waals surface area contributed by atoms with E-state index in [1.807, 2.05) is 0 Å². The van der Waals surface area contributed by atoms with Gasteiger partial charge in [0, 0.05) is 20.0 Å². The lowest BCUT2D eigenvalue weighted by atomic mass is 9.95. The van der Waals surface area contributed by atoms with Gasteiger partial charge in [-0.3, -0.25) is 9.59 Å². The highest BCUT2D eigenvalue weighted by Gasteiger charge is 2.31. The topological polar surface area (TPSA) is 86.7 Å². The van der Waals surface area contributed by atoms with Crippen LogP contribution in [0.25, 0.3) is 0 Å². The summed E-state index contributed by atoms with van der Waals surface area (Å²) < 4.78 is 0. The standard InChI is InChI=1S/C13H22N2O4/c1-8(2)11(13(18)19)14-12(17)10-5-4-6-15(7-10)9(3)16/h8,10-11H,4-7H2,1-3H3,(H,14,17)(H,18,19)/t10?,11-/m1/s1. The molecular weight excluding hydrogens is 248 g/mol. The molecule has 0 aliphatic carbocycles. The van der Waals surface area contributed by atoms with Gasteiger partial charge in [0.25, 0.3) is 0 Å². The molecule has 1 unspecified atom stereocenters. The minimum atomic E-state index is -1.03. The number of hydrogen-bond acceptors (Lipinski definition) is 3. The van der Waals surface area contributed by atoms with E-state index < -0.39 is 12.0 Å². The number of aliphatic carboxylic acids is 1. The number of carbonyl (C=O) groups excluding carboxylic acids is 2. The molecule has 0 aromatic rings. The van der Waals surface area contributed by atoms with Crippen molar-refractivity contribution in [1.29, 1.82) is 0 Å². The number of carboxylic acid groups (broad SMARTS) is 1. The van der Waals surface area contributed by atoms with Gasteiger partial charge in [0.2, 0.25) is 11.8 Å². The molecule has 0 radical (unpaired) electrons. The molecule has 2 N–H and O–H groups in total. The number of rotatable bonds is 4. The van der Waals surface area contributed by atoms with Gasteiger partial charge in [-0.2, -0.15) is 0 Å². The second kappa shape index (κ2) is 6.54. The number of hydrogen-bond donors (Lipinski definition) is 2. The second-order valence-corrected chi connectivity index (χ2v) is 5.37. The molecule has 1 aliphatic rings. The highest BCUT2D eigenvalue weighted by molar-refractivity contribution is 5.85. The van der Waals surface area contributed by atoms with Crippen LogP contribution in [0.15, 0.2) is 0 Å². The van der Waals surface area contributed by atoms with Crippen LogP contribution in [0.2, 0.25) is 0 Å². The monoisotopic (exact) mass is 270 g/mol. The number of piperidine rings is 1. The van der Waals surface area contributed by atoms with E-state index in [0.717, 1.165) is 6.42 Å². The molecule has 0 aromatic heterocycles. The average molecular weight is 270 g/mol. The van der Waals surface area contributed by atoms with Crippen LogP contribution in [-0.4, -0.2) is 46.9 Å². The van der Waals surface area contributed by atoms with Crippen molar-refractivity contribution in [2.45, 2.75) is 39.7 Å². The molecule has 108 valence electrons. The zero-order valence-electron chi connectivity index (χ0n) is 11.7. The summed E-state index contributed by atoms with van der Waals surface area (Å²) >= 11 is 0. The predicted octanol–water partition coefficient (Wildman–Crippen LogP) is 0.470. The van der Waals surface area contributed by atoms with Crippen molar-refractivity contribution in [2.24, 2.45) is 11.8 Å².